The zero-order valence-electron chi connectivity index (χ0n) is 10.8. The van der Waals surface area contributed by atoms with Gasteiger partial charge in [0.05, 0.1) is 4.91 Å². The summed E-state index contributed by atoms with van der Waals surface area (Å²) in [6, 6.07) is 5.16. The lowest BCUT2D eigenvalue weighted by Crippen LogP contribution is -2.27. The lowest BCUT2D eigenvalue weighted by Gasteiger charge is -2.09. The number of hydrogen-bond donors (Lipinski definition) is 0. The first-order valence-corrected chi connectivity index (χ1v) is 7.61. The monoisotopic (exact) mass is 361 g/mol. The number of amides is 1. The molecule has 110 valence electrons. The van der Waals surface area contributed by atoms with Crippen molar-refractivity contribution in [3.8, 4) is 0 Å². The fraction of sp³-hybridized carbons (Fsp3) is 0.154. The fourth-order valence-corrected chi connectivity index (χ4v) is 3.51. The van der Waals surface area contributed by atoms with E-state index in [1.54, 1.807) is 29.2 Å². The van der Waals surface area contributed by atoms with Gasteiger partial charge in [0.25, 0.3) is 5.91 Å². The summed E-state index contributed by atoms with van der Waals surface area (Å²) >= 11 is 18.3. The summed E-state index contributed by atoms with van der Waals surface area (Å²) in [6.45, 7) is 2.47. The molecule has 0 radical (unpaired) electrons. The van der Waals surface area contributed by atoms with Crippen molar-refractivity contribution in [3.05, 3.63) is 38.7 Å². The van der Waals surface area contributed by atoms with Crippen LogP contribution in [0, 0.1) is 0 Å². The van der Waals surface area contributed by atoms with E-state index in [0.29, 0.717) is 25.8 Å². The van der Waals surface area contributed by atoms with Gasteiger partial charge < -0.3 is 0 Å². The molecule has 1 aromatic rings. The lowest BCUT2D eigenvalue weighted by molar-refractivity contribution is -0.191. The quantitative estimate of drug-likeness (QED) is 0.594. The van der Waals surface area contributed by atoms with Crippen molar-refractivity contribution >= 4 is 69.6 Å². The van der Waals surface area contributed by atoms with Crippen LogP contribution >= 0.6 is 47.2 Å². The predicted molar refractivity (Wildman–Crippen MR) is 87.0 cm³/mol. The SMILES string of the molecule is CCN1C(=O)/C(=C/c2cc(Cl)cc(Cl)c2)SC1=S.O=C=O. The lowest BCUT2D eigenvalue weighted by atomic mass is 10.2. The molecule has 1 aliphatic heterocycles. The number of thioether (sulfide) groups is 1. The zero-order valence-corrected chi connectivity index (χ0v) is 13.9. The van der Waals surface area contributed by atoms with Crippen molar-refractivity contribution in [2.75, 3.05) is 6.54 Å². The molecule has 0 aliphatic carbocycles. The van der Waals surface area contributed by atoms with Crippen LogP contribution in [0.5, 0.6) is 0 Å². The zero-order chi connectivity index (χ0) is 16.0. The average Bonchev–Trinajstić information content (AvgIpc) is 2.63. The summed E-state index contributed by atoms with van der Waals surface area (Å²) in [6.07, 6.45) is 2.01. The van der Waals surface area contributed by atoms with Crippen LogP contribution in [0.2, 0.25) is 10.0 Å². The predicted octanol–water partition coefficient (Wildman–Crippen LogP) is 3.63. The first kappa shape index (κ1) is 17.9. The van der Waals surface area contributed by atoms with Crippen molar-refractivity contribution in [2.24, 2.45) is 0 Å². The van der Waals surface area contributed by atoms with E-state index in [1.807, 2.05) is 6.92 Å². The maximum atomic E-state index is 12.0. The van der Waals surface area contributed by atoms with Gasteiger partial charge in [0.2, 0.25) is 0 Å². The van der Waals surface area contributed by atoms with Crippen molar-refractivity contribution < 1.29 is 14.4 Å². The second kappa shape index (κ2) is 8.32. The first-order valence-electron chi connectivity index (χ1n) is 5.63. The molecule has 0 unspecified atom stereocenters. The highest BCUT2D eigenvalue weighted by Gasteiger charge is 2.30. The minimum atomic E-state index is -0.0661. The molecule has 2 rings (SSSR count). The number of likely N-dealkylation sites (N-methyl/N-ethyl adjacent to an activating group) is 1. The van der Waals surface area contributed by atoms with Crippen molar-refractivity contribution in [1.82, 2.24) is 4.90 Å². The number of benzene rings is 1. The Kier molecular flexibility index (Phi) is 7.08. The summed E-state index contributed by atoms with van der Waals surface area (Å²) in [5.41, 5.74) is 0.795. The van der Waals surface area contributed by atoms with Crippen LogP contribution in [0.1, 0.15) is 12.5 Å². The van der Waals surface area contributed by atoms with Crippen molar-refractivity contribution in [2.45, 2.75) is 6.92 Å². The van der Waals surface area contributed by atoms with Gasteiger partial charge in [-0.15, -0.1) is 0 Å². The van der Waals surface area contributed by atoms with E-state index in [2.05, 4.69) is 0 Å². The molecular formula is C13H9Cl2NO3S2. The second-order valence-corrected chi connectivity index (χ2v) is 6.26. The highest BCUT2D eigenvalue weighted by Crippen LogP contribution is 2.33. The maximum absolute atomic E-state index is 12.0. The van der Waals surface area contributed by atoms with Gasteiger partial charge in [0.15, 0.2) is 0 Å². The van der Waals surface area contributed by atoms with Gasteiger partial charge in [-0.1, -0.05) is 47.2 Å². The number of nitrogens with zero attached hydrogens (tertiary/aromatic N) is 1. The number of carbonyl (C=O) groups excluding carboxylic acids is 3. The fourth-order valence-electron chi connectivity index (χ4n) is 1.58. The van der Waals surface area contributed by atoms with E-state index in [-0.39, 0.29) is 12.1 Å². The van der Waals surface area contributed by atoms with Crippen LogP contribution < -0.4 is 0 Å². The van der Waals surface area contributed by atoms with E-state index in [1.165, 1.54) is 11.8 Å². The maximum Gasteiger partial charge on any atom is 0.373 e. The number of thiocarbonyl (C=S) groups is 1. The van der Waals surface area contributed by atoms with Gasteiger partial charge in [-0.3, -0.25) is 9.69 Å². The Morgan fingerprint density at radius 3 is 2.24 bits per heavy atom. The minimum absolute atomic E-state index is 0.0661. The minimum Gasteiger partial charge on any atom is -0.293 e. The Bertz CT molecular complexity index is 620. The Morgan fingerprint density at radius 2 is 1.81 bits per heavy atom. The molecule has 0 aromatic heterocycles. The summed E-state index contributed by atoms with van der Waals surface area (Å²) in [7, 11) is 0. The molecule has 1 heterocycles. The van der Waals surface area contributed by atoms with Crippen LogP contribution in [-0.2, 0) is 14.4 Å². The van der Waals surface area contributed by atoms with Gasteiger partial charge >= 0.3 is 6.15 Å². The summed E-state index contributed by atoms with van der Waals surface area (Å²) in [5.74, 6) is -0.0661. The normalized spacial score (nSPS) is 15.8. The van der Waals surface area contributed by atoms with Crippen molar-refractivity contribution in [3.63, 3.8) is 0 Å². The van der Waals surface area contributed by atoms with E-state index in [0.717, 1.165) is 5.56 Å². The number of rotatable bonds is 2. The highest BCUT2D eigenvalue weighted by atomic mass is 35.5. The Morgan fingerprint density at radius 1 is 1.29 bits per heavy atom. The molecule has 21 heavy (non-hydrogen) atoms. The third-order valence-electron chi connectivity index (χ3n) is 2.37. The second-order valence-electron chi connectivity index (χ2n) is 3.71. The summed E-state index contributed by atoms with van der Waals surface area (Å²) in [4.78, 5) is 30.4. The molecule has 1 fully saturated rings. The third kappa shape index (κ3) is 4.95. The molecule has 8 heteroatoms. The van der Waals surface area contributed by atoms with Gasteiger partial charge in [0.1, 0.15) is 4.32 Å². The molecule has 4 nitrogen and oxygen atoms in total. The molecule has 0 spiro atoms. The molecular weight excluding hydrogens is 353 g/mol. The molecule has 0 atom stereocenters. The average molecular weight is 362 g/mol. The van der Waals surface area contributed by atoms with Gasteiger partial charge in [-0.05, 0) is 36.8 Å². The Balaban J connectivity index is 0.000000677. The van der Waals surface area contributed by atoms with Crippen LogP contribution in [0.25, 0.3) is 6.08 Å². The number of halogens is 2. The molecule has 0 bridgehead atoms. The summed E-state index contributed by atoms with van der Waals surface area (Å²) < 4.78 is 0.585. The van der Waals surface area contributed by atoms with E-state index >= 15 is 0 Å². The molecule has 1 aromatic carbocycles. The largest absolute Gasteiger partial charge is 0.373 e. The molecule has 1 amide bonds. The highest BCUT2D eigenvalue weighted by molar-refractivity contribution is 8.26. The van der Waals surface area contributed by atoms with Gasteiger partial charge in [-0.2, -0.15) is 9.59 Å². The molecule has 0 saturated carbocycles. The third-order valence-corrected chi connectivity index (χ3v) is 4.19. The van der Waals surface area contributed by atoms with Gasteiger partial charge in [0, 0.05) is 16.6 Å². The topological polar surface area (TPSA) is 54.5 Å². The summed E-state index contributed by atoms with van der Waals surface area (Å²) in [5, 5.41) is 1.08. The van der Waals surface area contributed by atoms with E-state index < -0.39 is 0 Å². The smallest absolute Gasteiger partial charge is 0.293 e. The molecule has 1 aliphatic rings. The molecule has 0 N–H and O–H groups in total. The van der Waals surface area contributed by atoms with E-state index in [4.69, 9.17) is 45.0 Å². The number of carbonyl (C=O) groups is 1. The van der Waals surface area contributed by atoms with E-state index in [9.17, 15) is 4.79 Å². The van der Waals surface area contributed by atoms with Crippen LogP contribution in [-0.4, -0.2) is 27.8 Å². The van der Waals surface area contributed by atoms with Crippen LogP contribution in [0.4, 0.5) is 0 Å². The number of hydrogen-bond acceptors (Lipinski definition) is 5. The standard InChI is InChI=1S/C12H9Cl2NOS2.CO2/c1-2-15-11(16)10(18-12(15)17)5-7-3-8(13)6-9(14)4-7;2-1-3/h3-6H,2H2,1H3;/b10-5-;. The molecule has 1 saturated heterocycles. The van der Waals surface area contributed by atoms with Crippen LogP contribution in [0.3, 0.4) is 0 Å². The van der Waals surface area contributed by atoms with Crippen molar-refractivity contribution in [1.29, 1.82) is 0 Å². The Labute approximate surface area is 141 Å². The first-order chi connectivity index (χ1) is 9.92. The van der Waals surface area contributed by atoms with Gasteiger partial charge in [-0.25, -0.2) is 0 Å². The van der Waals surface area contributed by atoms with Crippen LogP contribution in [0.15, 0.2) is 23.1 Å². The Hall–Kier alpha value is -1.17.